The molecule has 118 valence electrons. The first kappa shape index (κ1) is 16.0. The maximum atomic E-state index is 11.8. The van der Waals surface area contributed by atoms with Crippen molar-refractivity contribution in [3.05, 3.63) is 42.1 Å². The summed E-state index contributed by atoms with van der Waals surface area (Å²) in [7, 11) is -3.40. The van der Waals surface area contributed by atoms with Gasteiger partial charge in [0.1, 0.15) is 6.54 Å². The molecule has 0 saturated heterocycles. The molecule has 0 atom stereocenters. The van der Waals surface area contributed by atoms with Crippen LogP contribution in [0.4, 0.5) is 5.82 Å². The van der Waals surface area contributed by atoms with Crippen molar-refractivity contribution in [2.24, 2.45) is 0 Å². The lowest BCUT2D eigenvalue weighted by Gasteiger charge is -2.05. The summed E-state index contributed by atoms with van der Waals surface area (Å²) in [5.74, 6) is -0.133. The molecular weight excluding hydrogens is 306 g/mol. The van der Waals surface area contributed by atoms with Gasteiger partial charge in [0, 0.05) is 6.54 Å². The van der Waals surface area contributed by atoms with E-state index >= 15 is 0 Å². The molecule has 22 heavy (non-hydrogen) atoms. The fourth-order valence-corrected chi connectivity index (χ4v) is 2.28. The number of anilines is 1. The van der Waals surface area contributed by atoms with E-state index in [1.54, 1.807) is 0 Å². The first-order valence-corrected chi connectivity index (χ1v) is 8.50. The van der Waals surface area contributed by atoms with Gasteiger partial charge in [0.2, 0.25) is 15.9 Å². The van der Waals surface area contributed by atoms with Crippen molar-refractivity contribution in [2.45, 2.75) is 13.0 Å². The minimum absolute atomic E-state index is 0.0206. The number of nitrogens with one attached hydrogen (secondary N) is 2. The Morgan fingerprint density at radius 2 is 2.00 bits per heavy atom. The summed E-state index contributed by atoms with van der Waals surface area (Å²) in [6, 6.07) is 9.82. The number of benzene rings is 1. The van der Waals surface area contributed by atoms with Gasteiger partial charge in [-0.25, -0.2) is 13.1 Å². The zero-order valence-electron chi connectivity index (χ0n) is 12.1. The molecule has 0 fully saturated rings. The fourth-order valence-electron chi connectivity index (χ4n) is 1.81. The molecule has 1 heterocycles. The van der Waals surface area contributed by atoms with Gasteiger partial charge in [-0.1, -0.05) is 35.5 Å². The van der Waals surface area contributed by atoms with E-state index in [0.717, 1.165) is 18.2 Å². The van der Waals surface area contributed by atoms with Crippen molar-refractivity contribution in [2.75, 3.05) is 17.5 Å². The average Bonchev–Trinajstić information content (AvgIpc) is 2.84. The number of hydrogen-bond donors (Lipinski definition) is 2. The third kappa shape index (κ3) is 5.52. The maximum absolute atomic E-state index is 11.8. The predicted octanol–water partition coefficient (Wildman–Crippen LogP) is 0.00850. The van der Waals surface area contributed by atoms with Crippen LogP contribution in [0.3, 0.4) is 0 Å². The van der Waals surface area contributed by atoms with Crippen molar-refractivity contribution < 1.29 is 13.2 Å². The quantitative estimate of drug-likeness (QED) is 0.746. The monoisotopic (exact) mass is 323 g/mol. The topological polar surface area (TPSA) is 106 Å². The number of aromatic nitrogens is 3. The number of rotatable bonds is 7. The predicted molar refractivity (Wildman–Crippen MR) is 81.6 cm³/mol. The summed E-state index contributed by atoms with van der Waals surface area (Å²) in [6.07, 6.45) is 3.12. The number of nitrogens with zero attached hydrogens (tertiary/aromatic N) is 3. The van der Waals surface area contributed by atoms with E-state index in [0.29, 0.717) is 6.54 Å². The molecule has 0 unspecified atom stereocenters. The Balaban J connectivity index is 1.77. The Hall–Kier alpha value is -2.42. The van der Waals surface area contributed by atoms with E-state index < -0.39 is 10.0 Å². The molecule has 0 bridgehead atoms. The zero-order chi connectivity index (χ0) is 16.0. The van der Waals surface area contributed by atoms with E-state index in [2.05, 4.69) is 20.4 Å². The Morgan fingerprint density at radius 1 is 1.27 bits per heavy atom. The average molecular weight is 323 g/mol. The molecule has 1 amide bonds. The van der Waals surface area contributed by atoms with Crippen molar-refractivity contribution in [1.82, 2.24) is 20.3 Å². The number of sulfonamides is 1. The molecule has 9 heteroatoms. The van der Waals surface area contributed by atoms with Gasteiger partial charge in [-0.2, -0.15) is 0 Å². The molecule has 0 aliphatic carbocycles. The summed E-state index contributed by atoms with van der Waals surface area (Å²) < 4.78 is 25.5. The number of hydrogen-bond acceptors (Lipinski definition) is 5. The number of carbonyl (C=O) groups is 1. The van der Waals surface area contributed by atoms with Gasteiger partial charge in [-0.3, -0.25) is 9.52 Å². The molecule has 0 aliphatic rings. The van der Waals surface area contributed by atoms with Crippen LogP contribution in [0.1, 0.15) is 5.56 Å². The zero-order valence-corrected chi connectivity index (χ0v) is 12.9. The number of carbonyl (C=O) groups excluding carboxylic acids is 1. The summed E-state index contributed by atoms with van der Waals surface area (Å²) in [5, 5.41) is 10.1. The van der Waals surface area contributed by atoms with Crippen molar-refractivity contribution >= 4 is 21.7 Å². The highest BCUT2D eigenvalue weighted by Crippen LogP contribution is 2.02. The minimum atomic E-state index is -3.40. The lowest BCUT2D eigenvalue weighted by atomic mass is 10.1. The van der Waals surface area contributed by atoms with Crippen molar-refractivity contribution in [3.8, 4) is 0 Å². The molecule has 2 aromatic rings. The second kappa shape index (κ2) is 7.03. The second-order valence-electron chi connectivity index (χ2n) is 4.76. The molecule has 8 nitrogen and oxygen atoms in total. The lowest BCUT2D eigenvalue weighted by Crippen LogP contribution is -2.29. The van der Waals surface area contributed by atoms with Crippen LogP contribution < -0.4 is 10.0 Å². The standard InChI is InChI=1S/C13H17N5O3S/c1-22(20,21)16-12-9-18(17-15-12)10-13(19)14-8-7-11-5-3-2-4-6-11/h2-6,9,16H,7-8,10H2,1H3,(H,14,19). The smallest absolute Gasteiger partial charge is 0.241 e. The third-order valence-corrected chi connectivity index (χ3v) is 3.29. The van der Waals surface area contributed by atoms with Crippen LogP contribution in [0.2, 0.25) is 0 Å². The van der Waals surface area contributed by atoms with E-state index in [-0.39, 0.29) is 18.3 Å². The maximum Gasteiger partial charge on any atom is 0.241 e. The summed E-state index contributed by atoms with van der Waals surface area (Å²) in [5.41, 5.74) is 1.14. The van der Waals surface area contributed by atoms with Crippen LogP contribution in [0.25, 0.3) is 0 Å². The minimum Gasteiger partial charge on any atom is -0.354 e. The summed E-state index contributed by atoms with van der Waals surface area (Å²) in [4.78, 5) is 11.8. The molecule has 1 aromatic carbocycles. The van der Waals surface area contributed by atoms with Crippen LogP contribution in [-0.4, -0.2) is 42.1 Å². The van der Waals surface area contributed by atoms with Gasteiger partial charge in [0.05, 0.1) is 12.5 Å². The molecule has 0 saturated carbocycles. The third-order valence-electron chi connectivity index (χ3n) is 2.71. The molecular formula is C13H17N5O3S. The van der Waals surface area contributed by atoms with Crippen LogP contribution in [0.5, 0.6) is 0 Å². The van der Waals surface area contributed by atoms with Crippen LogP contribution >= 0.6 is 0 Å². The fraction of sp³-hybridized carbons (Fsp3) is 0.308. The molecule has 0 radical (unpaired) electrons. The highest BCUT2D eigenvalue weighted by Gasteiger charge is 2.08. The SMILES string of the molecule is CS(=O)(=O)Nc1cn(CC(=O)NCCc2ccccc2)nn1. The Labute approximate surface area is 128 Å². The molecule has 0 spiro atoms. The van der Waals surface area contributed by atoms with E-state index in [1.807, 2.05) is 30.3 Å². The van der Waals surface area contributed by atoms with Gasteiger partial charge in [-0.15, -0.1) is 5.10 Å². The van der Waals surface area contributed by atoms with Crippen LogP contribution in [0, 0.1) is 0 Å². The Morgan fingerprint density at radius 3 is 2.68 bits per heavy atom. The van der Waals surface area contributed by atoms with Crippen LogP contribution in [-0.2, 0) is 27.8 Å². The van der Waals surface area contributed by atoms with Crippen molar-refractivity contribution in [3.63, 3.8) is 0 Å². The summed E-state index contributed by atoms with van der Waals surface area (Å²) >= 11 is 0. The van der Waals surface area contributed by atoms with Gasteiger partial charge < -0.3 is 5.32 Å². The van der Waals surface area contributed by atoms with E-state index in [1.165, 1.54) is 10.9 Å². The molecule has 2 N–H and O–H groups in total. The van der Waals surface area contributed by atoms with Crippen molar-refractivity contribution in [1.29, 1.82) is 0 Å². The second-order valence-corrected chi connectivity index (χ2v) is 6.51. The summed E-state index contributed by atoms with van der Waals surface area (Å²) in [6.45, 7) is 0.499. The van der Waals surface area contributed by atoms with Crippen LogP contribution in [0.15, 0.2) is 36.5 Å². The molecule has 2 rings (SSSR count). The Bertz CT molecular complexity index is 727. The Kier molecular flexibility index (Phi) is 5.10. The van der Waals surface area contributed by atoms with E-state index in [4.69, 9.17) is 0 Å². The number of amides is 1. The first-order valence-electron chi connectivity index (χ1n) is 6.61. The van der Waals surface area contributed by atoms with E-state index in [9.17, 15) is 13.2 Å². The lowest BCUT2D eigenvalue weighted by molar-refractivity contribution is -0.121. The van der Waals surface area contributed by atoms with Gasteiger partial charge in [0.15, 0.2) is 5.82 Å². The molecule has 0 aliphatic heterocycles. The largest absolute Gasteiger partial charge is 0.354 e. The van der Waals surface area contributed by atoms with Gasteiger partial charge in [0.25, 0.3) is 0 Å². The molecule has 1 aromatic heterocycles. The van der Waals surface area contributed by atoms with Gasteiger partial charge >= 0.3 is 0 Å². The highest BCUT2D eigenvalue weighted by molar-refractivity contribution is 7.92. The highest BCUT2D eigenvalue weighted by atomic mass is 32.2. The normalized spacial score (nSPS) is 11.1. The first-order chi connectivity index (χ1) is 10.4. The van der Waals surface area contributed by atoms with Gasteiger partial charge in [-0.05, 0) is 12.0 Å².